The topological polar surface area (TPSA) is 227 Å². The second-order valence-electron chi connectivity index (χ2n) is 13.8. The molecule has 0 radical (unpaired) electrons. The summed E-state index contributed by atoms with van der Waals surface area (Å²) >= 11 is 0. The highest BCUT2D eigenvalue weighted by Gasteiger charge is 2.46. The van der Waals surface area contributed by atoms with Gasteiger partial charge in [0.25, 0.3) is 23.6 Å². The fourth-order valence-electron chi connectivity index (χ4n) is 6.47. The van der Waals surface area contributed by atoms with Gasteiger partial charge in [-0.25, -0.2) is 9.97 Å². The Labute approximate surface area is 345 Å². The van der Waals surface area contributed by atoms with Crippen LogP contribution in [0.5, 0.6) is 11.5 Å². The second kappa shape index (κ2) is 19.6. The van der Waals surface area contributed by atoms with Gasteiger partial charge in [-0.3, -0.25) is 43.8 Å². The molecule has 20 heteroatoms. The van der Waals surface area contributed by atoms with Gasteiger partial charge in [0.05, 0.1) is 23.4 Å². The number of rotatable bonds is 18. The predicted molar refractivity (Wildman–Crippen MR) is 209 cm³/mol. The Morgan fingerprint density at radius 3 is 2.26 bits per heavy atom. The number of unbranched alkanes of at least 4 members (excludes halogenated alkanes) is 3. The molecule has 1 fully saturated rings. The van der Waals surface area contributed by atoms with Crippen LogP contribution in [0.1, 0.15) is 69.6 Å². The zero-order valence-electron chi connectivity index (χ0n) is 32.3. The molecule has 4 aromatic rings. The summed E-state index contributed by atoms with van der Waals surface area (Å²) in [6.45, 7) is 0.0660. The van der Waals surface area contributed by atoms with Crippen LogP contribution >= 0.6 is 0 Å². The van der Waals surface area contributed by atoms with Gasteiger partial charge in [-0.2, -0.15) is 0 Å². The second-order valence-corrected chi connectivity index (χ2v) is 13.8. The van der Waals surface area contributed by atoms with Gasteiger partial charge < -0.3 is 30.7 Å². The van der Waals surface area contributed by atoms with Crippen LogP contribution in [0.2, 0.25) is 0 Å². The summed E-state index contributed by atoms with van der Waals surface area (Å²) < 4.78 is 46.8. The third kappa shape index (κ3) is 11.6. The largest absolute Gasteiger partial charge is 0.573 e. The average molecular weight is 845 g/mol. The van der Waals surface area contributed by atoms with E-state index < -0.39 is 54.5 Å². The highest BCUT2D eigenvalue weighted by atomic mass is 19.4. The quantitative estimate of drug-likeness (QED) is 0.0713. The number of hydrogen-bond donors (Lipinski definition) is 5. The van der Waals surface area contributed by atoms with Crippen LogP contribution in [0, 0.1) is 0 Å². The van der Waals surface area contributed by atoms with Gasteiger partial charge in [0.2, 0.25) is 17.7 Å². The van der Waals surface area contributed by atoms with Crippen molar-refractivity contribution in [2.75, 3.05) is 31.6 Å². The lowest BCUT2D eigenvalue weighted by atomic mass is 10.0. The zero-order chi connectivity index (χ0) is 43.5. The van der Waals surface area contributed by atoms with Crippen molar-refractivity contribution in [2.45, 2.75) is 50.9 Å². The van der Waals surface area contributed by atoms with Gasteiger partial charge in [-0.05, 0) is 67.8 Å². The van der Waals surface area contributed by atoms with Crippen LogP contribution in [0.15, 0.2) is 79.1 Å². The summed E-state index contributed by atoms with van der Waals surface area (Å²) in [6, 6.07) is 16.5. The lowest BCUT2D eigenvalue weighted by molar-refractivity contribution is -0.274. The Balaban J connectivity index is 0.845. The third-order valence-corrected chi connectivity index (χ3v) is 9.39. The molecule has 1 atom stereocenters. The monoisotopic (exact) mass is 844 g/mol. The van der Waals surface area contributed by atoms with Crippen molar-refractivity contribution in [1.29, 1.82) is 0 Å². The van der Waals surface area contributed by atoms with E-state index in [4.69, 9.17) is 4.74 Å². The summed E-state index contributed by atoms with van der Waals surface area (Å²) in [4.78, 5) is 96.9. The minimum Gasteiger partial charge on any atom is -0.483 e. The maximum absolute atomic E-state index is 13.2. The van der Waals surface area contributed by atoms with Gasteiger partial charge in [0, 0.05) is 42.4 Å². The standard InChI is InChI=1S/C41H39F3N8O9/c42-41(43,44)61-27-13-11-26(12-14-27)50-32-20-29(48-23-49-32)24-7-5-8-25(19-24)37(56)47-21-34(54)45-17-3-1-2-4-18-46-35(55)22-60-31-10-6-9-28-36(31)40(59)52(39(28)58)30-15-16-33(53)51-38(30)57/h5-14,19-20,23,30H,1-4,15-18,21-22H2,(H,45,54)(H,46,55)(H,47,56)(H,48,49,50)(H,51,53,57). The van der Waals surface area contributed by atoms with Gasteiger partial charge in [-0.1, -0.05) is 31.0 Å². The van der Waals surface area contributed by atoms with Crippen molar-refractivity contribution in [3.05, 3.63) is 95.8 Å². The van der Waals surface area contributed by atoms with Crippen LogP contribution < -0.4 is 36.1 Å². The number of nitrogens with one attached hydrogen (secondary N) is 5. The number of nitrogens with zero attached hydrogens (tertiary/aromatic N) is 3. The predicted octanol–water partition coefficient (Wildman–Crippen LogP) is 3.79. The molecular formula is C41H39F3N8O9. The first-order chi connectivity index (χ1) is 29.3. The Hall–Kier alpha value is -7.38. The molecule has 1 aromatic heterocycles. The first-order valence-corrected chi connectivity index (χ1v) is 19.1. The van der Waals surface area contributed by atoms with E-state index in [1.807, 2.05) is 0 Å². The molecule has 0 aliphatic carbocycles. The van der Waals surface area contributed by atoms with Crippen molar-refractivity contribution >= 4 is 52.9 Å². The normalized spacial score (nSPS) is 14.8. The SMILES string of the molecule is O=C(CNC(=O)c1cccc(-c2cc(Nc3ccc(OC(F)(F)F)cc3)ncn2)c1)NCCCCCCNC(=O)COc1cccc2c1C(=O)N(C1CCC(=O)NC1=O)C2=O. The fourth-order valence-corrected chi connectivity index (χ4v) is 6.47. The number of benzene rings is 3. The number of hydrogen-bond acceptors (Lipinski definition) is 12. The number of halogens is 3. The summed E-state index contributed by atoms with van der Waals surface area (Å²) in [5, 5.41) is 13.2. The molecule has 2 aliphatic rings. The van der Waals surface area contributed by atoms with E-state index in [-0.39, 0.29) is 53.5 Å². The van der Waals surface area contributed by atoms with Crippen molar-refractivity contribution in [3.8, 4) is 22.8 Å². The van der Waals surface area contributed by atoms with E-state index in [0.29, 0.717) is 48.7 Å². The number of fused-ring (bicyclic) bond motifs is 1. The Bertz CT molecular complexity index is 2320. The molecule has 2 aliphatic heterocycles. The van der Waals surface area contributed by atoms with E-state index in [9.17, 15) is 46.7 Å². The maximum atomic E-state index is 13.2. The summed E-state index contributed by atoms with van der Waals surface area (Å²) in [5.41, 5.74) is 1.78. The summed E-state index contributed by atoms with van der Waals surface area (Å²) in [5.74, 6) is -3.91. The first kappa shape index (κ1) is 43.2. The Kier molecular flexibility index (Phi) is 13.9. The number of piperidine rings is 1. The van der Waals surface area contributed by atoms with Gasteiger partial charge in [0.15, 0.2) is 6.61 Å². The molecule has 7 amide bonds. The minimum atomic E-state index is -4.80. The van der Waals surface area contributed by atoms with Gasteiger partial charge >= 0.3 is 6.36 Å². The highest BCUT2D eigenvalue weighted by molar-refractivity contribution is 6.24. The lowest BCUT2D eigenvalue weighted by Gasteiger charge is -2.27. The van der Waals surface area contributed by atoms with Crippen LogP contribution in [0.25, 0.3) is 11.3 Å². The van der Waals surface area contributed by atoms with E-state index >= 15 is 0 Å². The Morgan fingerprint density at radius 1 is 0.820 bits per heavy atom. The zero-order valence-corrected chi connectivity index (χ0v) is 32.3. The molecule has 3 heterocycles. The number of anilines is 2. The molecule has 0 saturated carbocycles. The molecule has 0 spiro atoms. The number of ether oxygens (including phenoxy) is 2. The molecule has 1 unspecified atom stereocenters. The third-order valence-electron chi connectivity index (χ3n) is 9.39. The maximum Gasteiger partial charge on any atom is 0.573 e. The molecule has 1 saturated heterocycles. The van der Waals surface area contributed by atoms with E-state index in [1.54, 1.807) is 30.3 Å². The van der Waals surface area contributed by atoms with Crippen LogP contribution in [-0.4, -0.2) is 94.9 Å². The first-order valence-electron chi connectivity index (χ1n) is 19.1. The number of aromatic nitrogens is 2. The van der Waals surface area contributed by atoms with Crippen LogP contribution in [0.3, 0.4) is 0 Å². The molecule has 318 valence electrons. The van der Waals surface area contributed by atoms with Crippen LogP contribution in [0.4, 0.5) is 24.7 Å². The number of alkyl halides is 3. The number of imide groups is 2. The summed E-state index contributed by atoms with van der Waals surface area (Å²) in [6.07, 6.45) is -0.691. The van der Waals surface area contributed by atoms with Crippen molar-refractivity contribution in [1.82, 2.24) is 36.1 Å². The number of amides is 7. The molecule has 61 heavy (non-hydrogen) atoms. The molecule has 17 nitrogen and oxygen atoms in total. The number of carbonyl (C=O) groups excluding carboxylic acids is 7. The number of carbonyl (C=O) groups is 7. The van der Waals surface area contributed by atoms with E-state index in [0.717, 1.165) is 29.9 Å². The van der Waals surface area contributed by atoms with Gasteiger partial charge in [-0.15, -0.1) is 13.2 Å². The van der Waals surface area contributed by atoms with Crippen molar-refractivity contribution in [3.63, 3.8) is 0 Å². The smallest absolute Gasteiger partial charge is 0.483 e. The summed E-state index contributed by atoms with van der Waals surface area (Å²) in [7, 11) is 0. The van der Waals surface area contributed by atoms with Crippen molar-refractivity contribution in [2.24, 2.45) is 0 Å². The molecule has 0 bridgehead atoms. The molecule has 5 N–H and O–H groups in total. The lowest BCUT2D eigenvalue weighted by Crippen LogP contribution is -2.54. The Morgan fingerprint density at radius 2 is 1.54 bits per heavy atom. The highest BCUT2D eigenvalue weighted by Crippen LogP contribution is 2.34. The van der Waals surface area contributed by atoms with Crippen molar-refractivity contribution < 1.29 is 56.2 Å². The van der Waals surface area contributed by atoms with Gasteiger partial charge in [0.1, 0.15) is 29.7 Å². The minimum absolute atomic E-state index is 0.0110. The fraction of sp³-hybridized carbons (Fsp3) is 0.293. The van der Waals surface area contributed by atoms with E-state index in [1.165, 1.54) is 36.7 Å². The van der Waals surface area contributed by atoms with Crippen LogP contribution in [-0.2, 0) is 19.2 Å². The average Bonchev–Trinajstić information content (AvgIpc) is 3.49. The molecular weight excluding hydrogens is 805 g/mol. The molecule has 3 aromatic carbocycles. The van der Waals surface area contributed by atoms with E-state index in [2.05, 4.69) is 41.3 Å². The molecule has 6 rings (SSSR count).